The van der Waals surface area contributed by atoms with Gasteiger partial charge in [-0.25, -0.2) is 4.98 Å². The van der Waals surface area contributed by atoms with E-state index in [1.165, 1.54) is 10.4 Å². The number of nitrogens with zero attached hydrogens (tertiary/aromatic N) is 2. The molecule has 0 aliphatic rings. The summed E-state index contributed by atoms with van der Waals surface area (Å²) in [6, 6.07) is 8.18. The SMILES string of the molecule is CN=C(NCc1ccc(OCC(C)C)cc1)NCc1sc(C)nc1C.I. The lowest BCUT2D eigenvalue weighted by Gasteiger charge is -2.12. The molecule has 7 heteroatoms. The topological polar surface area (TPSA) is 58.5 Å². The van der Waals surface area contributed by atoms with Crippen molar-refractivity contribution in [2.24, 2.45) is 10.9 Å². The monoisotopic (exact) mass is 488 g/mol. The van der Waals surface area contributed by atoms with Crippen LogP contribution in [0.15, 0.2) is 29.3 Å². The minimum absolute atomic E-state index is 0. The predicted octanol–water partition coefficient (Wildman–Crippen LogP) is 4.28. The zero-order chi connectivity index (χ0) is 18.2. The fraction of sp³-hybridized carbons (Fsp3) is 0.474. The quantitative estimate of drug-likeness (QED) is 0.347. The van der Waals surface area contributed by atoms with Gasteiger partial charge in [0, 0.05) is 18.5 Å². The van der Waals surface area contributed by atoms with Gasteiger partial charge in [0.25, 0.3) is 0 Å². The average Bonchev–Trinajstić information content (AvgIpc) is 2.91. The molecule has 2 aromatic rings. The molecule has 0 atom stereocenters. The Labute approximate surface area is 177 Å². The maximum Gasteiger partial charge on any atom is 0.191 e. The summed E-state index contributed by atoms with van der Waals surface area (Å²) in [5.41, 5.74) is 2.27. The number of benzene rings is 1. The number of halogens is 1. The van der Waals surface area contributed by atoms with Crippen LogP contribution >= 0.6 is 35.3 Å². The van der Waals surface area contributed by atoms with E-state index in [1.807, 2.05) is 26.0 Å². The molecular formula is C19H29IN4OS. The Morgan fingerprint density at radius 2 is 1.81 bits per heavy atom. The van der Waals surface area contributed by atoms with Crippen molar-refractivity contribution in [3.63, 3.8) is 0 Å². The summed E-state index contributed by atoms with van der Waals surface area (Å²) in [5.74, 6) is 2.23. The Morgan fingerprint density at radius 1 is 1.15 bits per heavy atom. The van der Waals surface area contributed by atoms with E-state index < -0.39 is 0 Å². The summed E-state index contributed by atoms with van der Waals surface area (Å²) in [4.78, 5) is 9.97. The number of hydrogen-bond donors (Lipinski definition) is 2. The van der Waals surface area contributed by atoms with Gasteiger partial charge in [-0.1, -0.05) is 26.0 Å². The molecule has 0 bridgehead atoms. The molecule has 26 heavy (non-hydrogen) atoms. The molecule has 5 nitrogen and oxygen atoms in total. The van der Waals surface area contributed by atoms with Crippen LogP contribution in [0.4, 0.5) is 0 Å². The van der Waals surface area contributed by atoms with Crippen LogP contribution in [0.25, 0.3) is 0 Å². The number of ether oxygens (including phenoxy) is 1. The van der Waals surface area contributed by atoms with Crippen LogP contribution in [-0.2, 0) is 13.1 Å². The number of aryl methyl sites for hydroxylation is 2. The number of aromatic nitrogens is 1. The van der Waals surface area contributed by atoms with Gasteiger partial charge in [-0.15, -0.1) is 35.3 Å². The molecule has 0 amide bonds. The van der Waals surface area contributed by atoms with Gasteiger partial charge in [0.1, 0.15) is 5.75 Å². The normalized spacial score (nSPS) is 11.2. The lowest BCUT2D eigenvalue weighted by atomic mass is 10.2. The molecule has 0 aliphatic heterocycles. The van der Waals surface area contributed by atoms with Crippen LogP contribution in [0.3, 0.4) is 0 Å². The number of aliphatic imine (C=N–C) groups is 1. The van der Waals surface area contributed by atoms with Crippen molar-refractivity contribution >= 4 is 41.3 Å². The minimum atomic E-state index is 0. The van der Waals surface area contributed by atoms with Gasteiger partial charge in [-0.2, -0.15) is 0 Å². The van der Waals surface area contributed by atoms with Crippen LogP contribution in [0.1, 0.15) is 35.0 Å². The molecule has 0 spiro atoms. The average molecular weight is 488 g/mol. The fourth-order valence-electron chi connectivity index (χ4n) is 2.27. The van der Waals surface area contributed by atoms with Crippen LogP contribution in [0.5, 0.6) is 5.75 Å². The second-order valence-electron chi connectivity index (χ2n) is 6.37. The first-order valence-electron chi connectivity index (χ1n) is 8.57. The number of hydrogen-bond acceptors (Lipinski definition) is 4. The molecule has 0 aliphatic carbocycles. The first-order valence-corrected chi connectivity index (χ1v) is 9.38. The third-order valence-corrected chi connectivity index (χ3v) is 4.68. The van der Waals surface area contributed by atoms with Gasteiger partial charge in [0.15, 0.2) is 5.96 Å². The van der Waals surface area contributed by atoms with E-state index in [-0.39, 0.29) is 24.0 Å². The molecule has 0 fully saturated rings. The van der Waals surface area contributed by atoms with E-state index >= 15 is 0 Å². The predicted molar refractivity (Wildman–Crippen MR) is 121 cm³/mol. The van der Waals surface area contributed by atoms with Crippen molar-refractivity contribution in [1.29, 1.82) is 0 Å². The van der Waals surface area contributed by atoms with E-state index in [1.54, 1.807) is 18.4 Å². The lowest BCUT2D eigenvalue weighted by Crippen LogP contribution is -2.36. The third kappa shape index (κ3) is 7.49. The molecule has 2 N–H and O–H groups in total. The lowest BCUT2D eigenvalue weighted by molar-refractivity contribution is 0.271. The number of thiazole rings is 1. The summed E-state index contributed by atoms with van der Waals surface area (Å²) in [5, 5.41) is 7.77. The van der Waals surface area contributed by atoms with Gasteiger partial charge >= 0.3 is 0 Å². The van der Waals surface area contributed by atoms with Crippen molar-refractivity contribution in [2.75, 3.05) is 13.7 Å². The van der Waals surface area contributed by atoms with Crippen LogP contribution in [0, 0.1) is 19.8 Å². The highest BCUT2D eigenvalue weighted by molar-refractivity contribution is 14.0. The summed E-state index contributed by atoms with van der Waals surface area (Å²) in [7, 11) is 1.78. The van der Waals surface area contributed by atoms with Crippen LogP contribution in [-0.4, -0.2) is 24.6 Å². The maximum atomic E-state index is 5.71. The Bertz CT molecular complexity index is 698. The second kappa shape index (κ2) is 11.4. The standard InChI is InChI=1S/C19H28N4OS.HI/c1-13(2)12-24-17-8-6-16(7-9-17)10-21-19(20-5)22-11-18-14(3)23-15(4)25-18;/h6-9,13H,10-12H2,1-5H3,(H2,20,21,22);1H. The first kappa shape index (κ1) is 22.7. The largest absolute Gasteiger partial charge is 0.493 e. The smallest absolute Gasteiger partial charge is 0.191 e. The maximum absolute atomic E-state index is 5.71. The van der Waals surface area contributed by atoms with E-state index in [4.69, 9.17) is 4.74 Å². The summed E-state index contributed by atoms with van der Waals surface area (Å²) in [6.07, 6.45) is 0. The van der Waals surface area contributed by atoms with Crippen molar-refractivity contribution in [2.45, 2.75) is 40.8 Å². The summed E-state index contributed by atoms with van der Waals surface area (Å²) < 4.78 is 5.71. The van der Waals surface area contributed by atoms with Crippen LogP contribution in [0.2, 0.25) is 0 Å². The number of nitrogens with one attached hydrogen (secondary N) is 2. The van der Waals surface area contributed by atoms with E-state index in [0.29, 0.717) is 12.5 Å². The molecule has 0 radical (unpaired) electrons. The molecule has 0 saturated heterocycles. The van der Waals surface area contributed by atoms with Crippen LogP contribution < -0.4 is 15.4 Å². The molecule has 1 heterocycles. The first-order chi connectivity index (χ1) is 12.0. The fourth-order valence-corrected chi connectivity index (χ4v) is 3.15. The molecule has 1 aromatic heterocycles. The Morgan fingerprint density at radius 3 is 2.35 bits per heavy atom. The van der Waals surface area contributed by atoms with Gasteiger partial charge < -0.3 is 15.4 Å². The number of rotatable bonds is 7. The van der Waals surface area contributed by atoms with Crippen molar-refractivity contribution in [3.05, 3.63) is 45.4 Å². The van der Waals surface area contributed by atoms with Crippen molar-refractivity contribution in [3.8, 4) is 5.75 Å². The van der Waals surface area contributed by atoms with E-state index in [9.17, 15) is 0 Å². The zero-order valence-corrected chi connectivity index (χ0v) is 19.3. The highest BCUT2D eigenvalue weighted by atomic mass is 127. The van der Waals surface area contributed by atoms with Gasteiger partial charge in [-0.3, -0.25) is 4.99 Å². The van der Waals surface area contributed by atoms with E-state index in [0.717, 1.165) is 35.6 Å². The molecule has 2 rings (SSSR count). The van der Waals surface area contributed by atoms with Gasteiger partial charge in [-0.05, 0) is 37.5 Å². The Hall–Kier alpha value is -1.35. The Balaban J connectivity index is 0.00000338. The summed E-state index contributed by atoms with van der Waals surface area (Å²) in [6.45, 7) is 10.6. The minimum Gasteiger partial charge on any atom is -0.493 e. The van der Waals surface area contributed by atoms with Crippen molar-refractivity contribution in [1.82, 2.24) is 15.6 Å². The summed E-state index contributed by atoms with van der Waals surface area (Å²) >= 11 is 1.72. The third-order valence-electron chi connectivity index (χ3n) is 3.61. The molecule has 144 valence electrons. The highest BCUT2D eigenvalue weighted by Gasteiger charge is 2.06. The molecular weight excluding hydrogens is 459 g/mol. The number of guanidine groups is 1. The zero-order valence-electron chi connectivity index (χ0n) is 16.1. The van der Waals surface area contributed by atoms with E-state index in [2.05, 4.69) is 46.6 Å². The van der Waals surface area contributed by atoms with Gasteiger partial charge in [0.05, 0.1) is 23.9 Å². The van der Waals surface area contributed by atoms with Crippen molar-refractivity contribution < 1.29 is 4.74 Å². The van der Waals surface area contributed by atoms with Gasteiger partial charge in [0.2, 0.25) is 0 Å². The molecule has 1 aromatic carbocycles. The Kier molecular flexibility index (Phi) is 9.93. The molecule has 0 saturated carbocycles. The highest BCUT2D eigenvalue weighted by Crippen LogP contribution is 2.16. The molecule has 0 unspecified atom stereocenters. The second-order valence-corrected chi connectivity index (χ2v) is 7.66.